The minimum absolute atomic E-state index is 0.0146. The summed E-state index contributed by atoms with van der Waals surface area (Å²) >= 11 is 0. The number of benzene rings is 1. The number of carbonyl (C=O) groups is 1. The van der Waals surface area contributed by atoms with Crippen molar-refractivity contribution in [1.82, 2.24) is 0 Å². The molecule has 112 valence electrons. The van der Waals surface area contributed by atoms with Crippen molar-refractivity contribution in [3.05, 3.63) is 34.4 Å². The highest BCUT2D eigenvalue weighted by molar-refractivity contribution is 5.91. The first kappa shape index (κ1) is 16.5. The normalized spacial score (nSPS) is 12.1. The minimum Gasteiger partial charge on any atom is -0.465 e. The lowest BCUT2D eigenvalue weighted by Crippen LogP contribution is -2.15. The number of halogens is 3. The zero-order valence-corrected chi connectivity index (χ0v) is 12.3. The topological polar surface area (TPSA) is 26.3 Å². The highest BCUT2D eigenvalue weighted by Crippen LogP contribution is 2.38. The van der Waals surface area contributed by atoms with Crippen molar-refractivity contribution in [2.75, 3.05) is 7.11 Å². The average molecular weight is 288 g/mol. The molecule has 0 unspecified atom stereocenters. The van der Waals surface area contributed by atoms with Gasteiger partial charge in [0.1, 0.15) is 0 Å². The Labute approximate surface area is 116 Å². The van der Waals surface area contributed by atoms with Crippen LogP contribution >= 0.6 is 0 Å². The fourth-order valence-electron chi connectivity index (χ4n) is 2.12. The van der Waals surface area contributed by atoms with Gasteiger partial charge in [-0.1, -0.05) is 33.8 Å². The molecule has 0 aliphatic carbocycles. The predicted octanol–water partition coefficient (Wildman–Crippen LogP) is 4.74. The van der Waals surface area contributed by atoms with Crippen LogP contribution in [-0.2, 0) is 10.9 Å². The fourth-order valence-corrected chi connectivity index (χ4v) is 2.12. The molecular weight excluding hydrogens is 269 g/mol. The summed E-state index contributed by atoms with van der Waals surface area (Å²) in [6, 6.07) is 2.39. The highest BCUT2D eigenvalue weighted by Gasteiger charge is 2.36. The van der Waals surface area contributed by atoms with Crippen LogP contribution in [0.25, 0.3) is 0 Å². The van der Waals surface area contributed by atoms with E-state index in [1.54, 1.807) is 13.8 Å². The summed E-state index contributed by atoms with van der Waals surface area (Å²) in [6.07, 6.45) is -4.49. The Morgan fingerprint density at radius 2 is 1.55 bits per heavy atom. The third-order valence-corrected chi connectivity index (χ3v) is 3.18. The maximum absolute atomic E-state index is 13.1. The van der Waals surface area contributed by atoms with Gasteiger partial charge in [0.15, 0.2) is 0 Å². The zero-order valence-electron chi connectivity index (χ0n) is 12.3. The minimum atomic E-state index is -4.49. The SMILES string of the molecule is COC(=O)c1cc(C(F)(F)F)c(C(C)C)cc1C(C)C. The molecule has 5 heteroatoms. The first-order chi connectivity index (χ1) is 9.09. The largest absolute Gasteiger partial charge is 0.465 e. The number of esters is 1. The van der Waals surface area contributed by atoms with Crippen molar-refractivity contribution in [3.63, 3.8) is 0 Å². The van der Waals surface area contributed by atoms with Gasteiger partial charge in [0.2, 0.25) is 0 Å². The van der Waals surface area contributed by atoms with E-state index in [9.17, 15) is 18.0 Å². The third-order valence-electron chi connectivity index (χ3n) is 3.18. The van der Waals surface area contributed by atoms with Crippen molar-refractivity contribution in [1.29, 1.82) is 0 Å². The molecule has 1 rings (SSSR count). The second-order valence-corrected chi connectivity index (χ2v) is 5.33. The van der Waals surface area contributed by atoms with Crippen molar-refractivity contribution >= 4 is 5.97 Å². The summed E-state index contributed by atoms with van der Waals surface area (Å²) in [5.74, 6) is -1.09. The number of alkyl halides is 3. The van der Waals surface area contributed by atoms with Crippen LogP contribution in [0, 0.1) is 0 Å². The molecule has 0 N–H and O–H groups in total. The Morgan fingerprint density at radius 3 is 1.90 bits per heavy atom. The molecule has 0 aliphatic rings. The molecular formula is C15H19F3O2. The van der Waals surface area contributed by atoms with Crippen LogP contribution in [0.4, 0.5) is 13.2 Å². The van der Waals surface area contributed by atoms with E-state index in [-0.39, 0.29) is 23.0 Å². The molecule has 0 fully saturated rings. The lowest BCUT2D eigenvalue weighted by atomic mass is 9.87. The van der Waals surface area contributed by atoms with Gasteiger partial charge in [-0.05, 0) is 29.0 Å². The van der Waals surface area contributed by atoms with E-state index in [0.29, 0.717) is 5.56 Å². The zero-order chi connectivity index (χ0) is 15.7. The molecule has 0 saturated carbocycles. The number of hydrogen-bond acceptors (Lipinski definition) is 2. The number of rotatable bonds is 3. The van der Waals surface area contributed by atoms with Gasteiger partial charge >= 0.3 is 12.1 Å². The lowest BCUT2D eigenvalue weighted by Gasteiger charge is -2.20. The molecule has 0 heterocycles. The molecule has 0 saturated heterocycles. The van der Waals surface area contributed by atoms with Crippen LogP contribution in [0.5, 0.6) is 0 Å². The Bertz CT molecular complexity index is 503. The predicted molar refractivity (Wildman–Crippen MR) is 71.0 cm³/mol. The van der Waals surface area contributed by atoms with E-state index in [1.807, 2.05) is 13.8 Å². The molecule has 20 heavy (non-hydrogen) atoms. The van der Waals surface area contributed by atoms with Crippen molar-refractivity contribution < 1.29 is 22.7 Å². The molecule has 2 nitrogen and oxygen atoms in total. The van der Waals surface area contributed by atoms with Crippen molar-refractivity contribution in [2.24, 2.45) is 0 Å². The van der Waals surface area contributed by atoms with Crippen LogP contribution in [0.2, 0.25) is 0 Å². The van der Waals surface area contributed by atoms with Gasteiger partial charge in [0.25, 0.3) is 0 Å². The maximum Gasteiger partial charge on any atom is 0.416 e. The van der Waals surface area contributed by atoms with Gasteiger partial charge in [-0.3, -0.25) is 0 Å². The molecule has 1 aromatic carbocycles. The molecule has 0 spiro atoms. The molecule has 0 atom stereocenters. The molecule has 0 radical (unpaired) electrons. The molecule has 0 aromatic heterocycles. The van der Waals surface area contributed by atoms with Gasteiger partial charge in [-0.15, -0.1) is 0 Å². The monoisotopic (exact) mass is 288 g/mol. The van der Waals surface area contributed by atoms with E-state index in [1.165, 1.54) is 6.07 Å². The van der Waals surface area contributed by atoms with E-state index in [2.05, 4.69) is 4.74 Å². The smallest absolute Gasteiger partial charge is 0.416 e. The van der Waals surface area contributed by atoms with E-state index in [0.717, 1.165) is 13.2 Å². The van der Waals surface area contributed by atoms with Gasteiger partial charge in [-0.2, -0.15) is 13.2 Å². The fraction of sp³-hybridized carbons (Fsp3) is 0.533. The lowest BCUT2D eigenvalue weighted by molar-refractivity contribution is -0.138. The summed E-state index contributed by atoms with van der Waals surface area (Å²) in [5.41, 5.74) is -0.000993. The molecule has 0 aliphatic heterocycles. The second kappa shape index (κ2) is 5.85. The number of carbonyl (C=O) groups excluding carboxylic acids is 1. The van der Waals surface area contributed by atoms with Crippen LogP contribution < -0.4 is 0 Å². The summed E-state index contributed by atoms with van der Waals surface area (Å²) < 4.78 is 44.0. The Hall–Kier alpha value is -1.52. The molecule has 0 bridgehead atoms. The summed E-state index contributed by atoms with van der Waals surface area (Å²) in [6.45, 7) is 7.07. The molecule has 0 amide bonds. The van der Waals surface area contributed by atoms with Gasteiger partial charge in [0, 0.05) is 0 Å². The number of methoxy groups -OCH3 is 1. The van der Waals surface area contributed by atoms with E-state index >= 15 is 0 Å². The highest BCUT2D eigenvalue weighted by atomic mass is 19.4. The van der Waals surface area contributed by atoms with Crippen molar-refractivity contribution in [3.8, 4) is 0 Å². The van der Waals surface area contributed by atoms with Gasteiger partial charge in [-0.25, -0.2) is 4.79 Å². The Kier molecular flexibility index (Phi) is 4.84. The van der Waals surface area contributed by atoms with Crippen LogP contribution in [0.1, 0.15) is 66.6 Å². The van der Waals surface area contributed by atoms with Crippen LogP contribution in [0.3, 0.4) is 0 Å². The van der Waals surface area contributed by atoms with Gasteiger partial charge in [0.05, 0.1) is 18.2 Å². The summed E-state index contributed by atoms with van der Waals surface area (Å²) in [5, 5.41) is 0. The number of hydrogen-bond donors (Lipinski definition) is 0. The van der Waals surface area contributed by atoms with E-state index in [4.69, 9.17) is 0 Å². The average Bonchev–Trinajstić information content (AvgIpc) is 2.34. The van der Waals surface area contributed by atoms with Crippen LogP contribution in [-0.4, -0.2) is 13.1 Å². The second-order valence-electron chi connectivity index (χ2n) is 5.33. The van der Waals surface area contributed by atoms with E-state index < -0.39 is 17.7 Å². The number of ether oxygens (including phenoxy) is 1. The summed E-state index contributed by atoms with van der Waals surface area (Å²) in [4.78, 5) is 11.7. The van der Waals surface area contributed by atoms with Gasteiger partial charge < -0.3 is 4.74 Å². The molecule has 1 aromatic rings. The maximum atomic E-state index is 13.1. The Balaban J connectivity index is 3.65. The summed E-state index contributed by atoms with van der Waals surface area (Å²) in [7, 11) is 1.16. The Morgan fingerprint density at radius 1 is 1.05 bits per heavy atom. The third kappa shape index (κ3) is 3.32. The first-order valence-electron chi connectivity index (χ1n) is 6.42. The quantitative estimate of drug-likeness (QED) is 0.751. The first-order valence-corrected chi connectivity index (χ1v) is 6.42. The standard InChI is InChI=1S/C15H19F3O2/c1-8(2)10-6-11(9(3)4)13(15(16,17)18)7-12(10)14(19)20-5/h6-9H,1-5H3. The van der Waals surface area contributed by atoms with Crippen LogP contribution in [0.15, 0.2) is 12.1 Å². The van der Waals surface area contributed by atoms with Crippen molar-refractivity contribution in [2.45, 2.75) is 45.7 Å².